The number of guanidine groups is 1. The first-order valence-electron chi connectivity index (χ1n) is 7.39. The Kier molecular flexibility index (Phi) is 8.58. The van der Waals surface area contributed by atoms with Crippen LogP contribution in [-0.2, 0) is 0 Å². The molecule has 0 aliphatic carbocycles. The van der Waals surface area contributed by atoms with E-state index in [-0.39, 0.29) is 24.0 Å². The van der Waals surface area contributed by atoms with Crippen LogP contribution < -0.4 is 10.6 Å². The van der Waals surface area contributed by atoms with Gasteiger partial charge in [-0.25, -0.2) is 0 Å². The van der Waals surface area contributed by atoms with Gasteiger partial charge in [0.1, 0.15) is 0 Å². The summed E-state index contributed by atoms with van der Waals surface area (Å²) in [5.74, 6) is 1.15. The van der Waals surface area contributed by atoms with Gasteiger partial charge in [0.05, 0.1) is 0 Å². The van der Waals surface area contributed by atoms with Crippen LogP contribution in [0.4, 0.5) is 0 Å². The summed E-state index contributed by atoms with van der Waals surface area (Å²) in [4.78, 5) is 4.23. The van der Waals surface area contributed by atoms with Gasteiger partial charge in [-0.3, -0.25) is 4.99 Å². The van der Waals surface area contributed by atoms with E-state index in [9.17, 15) is 0 Å². The lowest BCUT2D eigenvalue weighted by molar-refractivity contribution is 0.733. The highest BCUT2D eigenvalue weighted by atomic mass is 127. The Morgan fingerprint density at radius 1 is 0.909 bits per heavy atom. The molecule has 2 rings (SSSR count). The molecule has 2 N–H and O–H groups in total. The third kappa shape index (κ3) is 5.33. The fraction of sp³-hybridized carbons (Fsp3) is 0.278. The first kappa shape index (κ1) is 18.5. The van der Waals surface area contributed by atoms with Crippen molar-refractivity contribution < 1.29 is 0 Å². The lowest BCUT2D eigenvalue weighted by Crippen LogP contribution is -2.39. The van der Waals surface area contributed by atoms with Gasteiger partial charge in [0, 0.05) is 26.1 Å². The maximum Gasteiger partial charge on any atom is 0.190 e. The molecule has 0 aromatic heterocycles. The molecule has 4 heteroatoms. The molecule has 0 saturated heterocycles. The second-order valence-electron chi connectivity index (χ2n) is 4.86. The molecular formula is C18H24IN3. The number of rotatable bonds is 5. The standard InChI is InChI=1S/C18H23N3.HI/c1-3-20-18(19-2)21-14-17(15-10-6-4-7-11-15)16-12-8-5-9-13-16;/h4-13,17H,3,14H2,1-2H3,(H2,19,20,21);1H. The number of aliphatic imine (C=N–C) groups is 1. The molecule has 0 atom stereocenters. The van der Waals surface area contributed by atoms with Gasteiger partial charge in [-0.05, 0) is 18.1 Å². The Hall–Kier alpha value is -1.56. The summed E-state index contributed by atoms with van der Waals surface area (Å²) >= 11 is 0. The van der Waals surface area contributed by atoms with Crippen LogP contribution in [0, 0.1) is 0 Å². The van der Waals surface area contributed by atoms with Gasteiger partial charge in [0.15, 0.2) is 5.96 Å². The summed E-state index contributed by atoms with van der Waals surface area (Å²) in [6, 6.07) is 21.2. The number of benzene rings is 2. The Balaban J connectivity index is 0.00000242. The lowest BCUT2D eigenvalue weighted by Gasteiger charge is -2.20. The molecule has 2 aromatic rings. The zero-order chi connectivity index (χ0) is 14.9. The van der Waals surface area contributed by atoms with Crippen molar-refractivity contribution in [1.82, 2.24) is 10.6 Å². The van der Waals surface area contributed by atoms with E-state index in [0.717, 1.165) is 19.0 Å². The van der Waals surface area contributed by atoms with E-state index in [0.29, 0.717) is 5.92 Å². The molecular weight excluding hydrogens is 385 g/mol. The quantitative estimate of drug-likeness (QED) is 0.450. The molecule has 2 aromatic carbocycles. The normalized spacial score (nSPS) is 11.0. The fourth-order valence-corrected chi connectivity index (χ4v) is 2.39. The Morgan fingerprint density at radius 3 is 1.82 bits per heavy atom. The van der Waals surface area contributed by atoms with Crippen LogP contribution in [0.2, 0.25) is 0 Å². The third-order valence-electron chi connectivity index (χ3n) is 3.45. The summed E-state index contributed by atoms with van der Waals surface area (Å²) in [6.45, 7) is 3.74. The van der Waals surface area contributed by atoms with Gasteiger partial charge in [-0.15, -0.1) is 24.0 Å². The second-order valence-corrected chi connectivity index (χ2v) is 4.86. The molecule has 0 fully saturated rings. The first-order valence-corrected chi connectivity index (χ1v) is 7.39. The Morgan fingerprint density at radius 2 is 1.41 bits per heavy atom. The van der Waals surface area contributed by atoms with E-state index in [1.165, 1.54) is 11.1 Å². The van der Waals surface area contributed by atoms with Crippen molar-refractivity contribution in [2.75, 3.05) is 20.1 Å². The molecule has 0 amide bonds. The summed E-state index contributed by atoms with van der Waals surface area (Å²) in [6.07, 6.45) is 0. The zero-order valence-corrected chi connectivity index (χ0v) is 15.5. The monoisotopic (exact) mass is 409 g/mol. The number of nitrogens with zero attached hydrogens (tertiary/aromatic N) is 1. The highest BCUT2D eigenvalue weighted by molar-refractivity contribution is 14.0. The van der Waals surface area contributed by atoms with Crippen molar-refractivity contribution in [2.45, 2.75) is 12.8 Å². The van der Waals surface area contributed by atoms with Gasteiger partial charge >= 0.3 is 0 Å². The van der Waals surface area contributed by atoms with E-state index >= 15 is 0 Å². The smallest absolute Gasteiger partial charge is 0.190 e. The summed E-state index contributed by atoms with van der Waals surface area (Å²) in [5.41, 5.74) is 2.62. The van der Waals surface area contributed by atoms with Crippen LogP contribution in [-0.4, -0.2) is 26.1 Å². The number of hydrogen-bond acceptors (Lipinski definition) is 1. The van der Waals surface area contributed by atoms with Crippen molar-refractivity contribution in [3.8, 4) is 0 Å². The van der Waals surface area contributed by atoms with Crippen molar-refractivity contribution >= 4 is 29.9 Å². The van der Waals surface area contributed by atoms with E-state index in [1.807, 2.05) is 0 Å². The molecule has 0 bridgehead atoms. The highest BCUT2D eigenvalue weighted by Crippen LogP contribution is 2.23. The van der Waals surface area contributed by atoms with Crippen LogP contribution in [0.5, 0.6) is 0 Å². The predicted molar refractivity (Wildman–Crippen MR) is 105 cm³/mol. The fourth-order valence-electron chi connectivity index (χ4n) is 2.39. The lowest BCUT2D eigenvalue weighted by atomic mass is 9.91. The second kappa shape index (κ2) is 10.2. The highest BCUT2D eigenvalue weighted by Gasteiger charge is 2.14. The summed E-state index contributed by atoms with van der Waals surface area (Å²) < 4.78 is 0. The van der Waals surface area contributed by atoms with Crippen LogP contribution in [0.1, 0.15) is 24.0 Å². The van der Waals surface area contributed by atoms with Crippen molar-refractivity contribution in [1.29, 1.82) is 0 Å². The molecule has 0 spiro atoms. The molecule has 3 nitrogen and oxygen atoms in total. The van der Waals surface area contributed by atoms with Crippen LogP contribution >= 0.6 is 24.0 Å². The Bertz CT molecular complexity index is 516. The van der Waals surface area contributed by atoms with Gasteiger partial charge < -0.3 is 10.6 Å². The van der Waals surface area contributed by atoms with Crippen LogP contribution in [0.15, 0.2) is 65.7 Å². The molecule has 0 aliphatic rings. The number of hydrogen-bond donors (Lipinski definition) is 2. The number of nitrogens with one attached hydrogen (secondary N) is 2. The van der Waals surface area contributed by atoms with Crippen molar-refractivity contribution in [2.24, 2.45) is 4.99 Å². The third-order valence-corrected chi connectivity index (χ3v) is 3.45. The van der Waals surface area contributed by atoms with E-state index < -0.39 is 0 Å². The molecule has 0 saturated carbocycles. The topological polar surface area (TPSA) is 36.4 Å². The van der Waals surface area contributed by atoms with E-state index in [2.05, 4.69) is 83.2 Å². The van der Waals surface area contributed by atoms with Gasteiger partial charge in [0.2, 0.25) is 0 Å². The summed E-state index contributed by atoms with van der Waals surface area (Å²) in [7, 11) is 1.80. The average Bonchev–Trinajstić information content (AvgIpc) is 2.56. The maximum absolute atomic E-state index is 4.23. The van der Waals surface area contributed by atoms with Gasteiger partial charge in [0.25, 0.3) is 0 Å². The Labute approximate surface area is 150 Å². The largest absolute Gasteiger partial charge is 0.357 e. The first-order chi connectivity index (χ1) is 10.3. The van der Waals surface area contributed by atoms with Gasteiger partial charge in [-0.2, -0.15) is 0 Å². The van der Waals surface area contributed by atoms with Crippen LogP contribution in [0.3, 0.4) is 0 Å². The molecule has 118 valence electrons. The number of halogens is 1. The summed E-state index contributed by atoms with van der Waals surface area (Å²) in [5, 5.41) is 6.64. The molecule has 0 aliphatic heterocycles. The molecule has 0 heterocycles. The minimum atomic E-state index is 0. The molecule has 0 unspecified atom stereocenters. The van der Waals surface area contributed by atoms with E-state index in [4.69, 9.17) is 0 Å². The van der Waals surface area contributed by atoms with E-state index in [1.54, 1.807) is 7.05 Å². The maximum atomic E-state index is 4.23. The minimum Gasteiger partial charge on any atom is -0.357 e. The van der Waals surface area contributed by atoms with Crippen molar-refractivity contribution in [3.05, 3.63) is 71.8 Å². The van der Waals surface area contributed by atoms with Crippen LogP contribution in [0.25, 0.3) is 0 Å². The molecule has 22 heavy (non-hydrogen) atoms. The zero-order valence-electron chi connectivity index (χ0n) is 13.1. The van der Waals surface area contributed by atoms with Gasteiger partial charge in [-0.1, -0.05) is 60.7 Å². The SMILES string of the molecule is CCNC(=NC)NCC(c1ccccc1)c1ccccc1.I. The average molecular weight is 409 g/mol. The minimum absolute atomic E-state index is 0. The molecule has 0 radical (unpaired) electrons. The van der Waals surface area contributed by atoms with Crippen molar-refractivity contribution in [3.63, 3.8) is 0 Å². The predicted octanol–water partition coefficient (Wildman–Crippen LogP) is 3.62.